The molecule has 2 N–H and O–H groups in total. The van der Waals surface area contributed by atoms with Crippen LogP contribution in [0.1, 0.15) is 24.5 Å². The van der Waals surface area contributed by atoms with Crippen LogP contribution < -0.4 is 15.4 Å². The Morgan fingerprint density at radius 1 is 1.42 bits per heavy atom. The second-order valence-corrected chi connectivity index (χ2v) is 8.29. The maximum Gasteiger partial charge on any atom is 0.191 e. The SMILES string of the molecule is CCNC(=NCCc1ccc(C)c(OC)c1)NC1CCS(=O)(=O)C1. The molecule has 1 aromatic rings. The molecule has 0 saturated carbocycles. The lowest BCUT2D eigenvalue weighted by atomic mass is 10.1. The average molecular weight is 353 g/mol. The van der Waals surface area contributed by atoms with Gasteiger partial charge in [0.05, 0.1) is 18.6 Å². The number of hydrogen-bond acceptors (Lipinski definition) is 4. The lowest BCUT2D eigenvalue weighted by Crippen LogP contribution is -2.44. The summed E-state index contributed by atoms with van der Waals surface area (Å²) < 4.78 is 28.5. The van der Waals surface area contributed by atoms with E-state index in [1.807, 2.05) is 26.0 Å². The van der Waals surface area contributed by atoms with Gasteiger partial charge < -0.3 is 15.4 Å². The number of benzene rings is 1. The van der Waals surface area contributed by atoms with Crippen molar-refractivity contribution in [3.8, 4) is 5.75 Å². The number of sulfone groups is 1. The Kier molecular flexibility index (Phi) is 6.48. The standard InChI is InChI=1S/C17H27N3O3S/c1-4-18-17(20-15-8-10-24(21,22)12-15)19-9-7-14-6-5-13(2)16(11-14)23-3/h5-6,11,15H,4,7-10,12H2,1-3H3,(H2,18,19,20). The highest BCUT2D eigenvalue weighted by molar-refractivity contribution is 7.91. The minimum Gasteiger partial charge on any atom is -0.496 e. The number of rotatable bonds is 6. The minimum atomic E-state index is -2.89. The molecule has 6 nitrogen and oxygen atoms in total. The Morgan fingerprint density at radius 3 is 2.83 bits per heavy atom. The van der Waals surface area contributed by atoms with Crippen molar-refractivity contribution in [2.24, 2.45) is 4.99 Å². The van der Waals surface area contributed by atoms with E-state index in [9.17, 15) is 8.42 Å². The summed E-state index contributed by atoms with van der Waals surface area (Å²) in [5, 5.41) is 6.40. The third-order valence-corrected chi connectivity index (χ3v) is 5.83. The molecule has 1 saturated heterocycles. The molecule has 1 aromatic carbocycles. The van der Waals surface area contributed by atoms with Crippen molar-refractivity contribution in [3.05, 3.63) is 29.3 Å². The molecular weight excluding hydrogens is 326 g/mol. The Morgan fingerprint density at radius 2 is 2.21 bits per heavy atom. The van der Waals surface area contributed by atoms with Gasteiger partial charge in [-0.1, -0.05) is 12.1 Å². The Bertz CT molecular complexity index is 686. The van der Waals surface area contributed by atoms with Crippen molar-refractivity contribution in [1.29, 1.82) is 0 Å². The Balaban J connectivity index is 1.93. The molecule has 1 fully saturated rings. The Hall–Kier alpha value is -1.76. The number of guanidine groups is 1. The van der Waals surface area contributed by atoms with Crippen molar-refractivity contribution in [2.45, 2.75) is 32.7 Å². The van der Waals surface area contributed by atoms with Crippen LogP contribution in [0.25, 0.3) is 0 Å². The molecule has 0 aromatic heterocycles. The first-order chi connectivity index (χ1) is 11.4. The molecule has 0 amide bonds. The largest absolute Gasteiger partial charge is 0.496 e. The molecule has 1 aliphatic heterocycles. The number of hydrogen-bond donors (Lipinski definition) is 2. The van der Waals surface area contributed by atoms with Crippen LogP contribution in [0.5, 0.6) is 5.75 Å². The second-order valence-electron chi connectivity index (χ2n) is 6.06. The lowest BCUT2D eigenvalue weighted by Gasteiger charge is -2.15. The number of aliphatic imine (C=N–C) groups is 1. The van der Waals surface area contributed by atoms with Crippen molar-refractivity contribution < 1.29 is 13.2 Å². The molecule has 1 heterocycles. The zero-order chi connectivity index (χ0) is 17.6. The molecule has 1 unspecified atom stereocenters. The van der Waals surface area contributed by atoms with Gasteiger partial charge in [-0.05, 0) is 43.9 Å². The lowest BCUT2D eigenvalue weighted by molar-refractivity contribution is 0.411. The molecule has 134 valence electrons. The third-order valence-electron chi connectivity index (χ3n) is 4.06. The maximum atomic E-state index is 11.6. The first kappa shape index (κ1) is 18.6. The van der Waals surface area contributed by atoms with Crippen LogP contribution in [-0.2, 0) is 16.3 Å². The highest BCUT2D eigenvalue weighted by Gasteiger charge is 2.28. The number of ether oxygens (including phenoxy) is 1. The van der Waals surface area contributed by atoms with E-state index in [-0.39, 0.29) is 17.5 Å². The van der Waals surface area contributed by atoms with Crippen LogP contribution in [0.2, 0.25) is 0 Å². The van der Waals surface area contributed by atoms with Gasteiger partial charge in [-0.3, -0.25) is 4.99 Å². The fraction of sp³-hybridized carbons (Fsp3) is 0.588. The van der Waals surface area contributed by atoms with Gasteiger partial charge >= 0.3 is 0 Å². The van der Waals surface area contributed by atoms with E-state index in [4.69, 9.17) is 4.74 Å². The molecule has 1 aliphatic rings. The van der Waals surface area contributed by atoms with E-state index >= 15 is 0 Å². The van der Waals surface area contributed by atoms with Crippen LogP contribution in [0.4, 0.5) is 0 Å². The van der Waals surface area contributed by atoms with Gasteiger partial charge in [-0.25, -0.2) is 8.42 Å². The predicted molar refractivity (Wildman–Crippen MR) is 97.6 cm³/mol. The van der Waals surface area contributed by atoms with E-state index < -0.39 is 9.84 Å². The summed E-state index contributed by atoms with van der Waals surface area (Å²) in [5.74, 6) is 2.01. The molecule has 0 bridgehead atoms. The van der Waals surface area contributed by atoms with E-state index in [2.05, 4.69) is 21.7 Å². The highest BCUT2D eigenvalue weighted by Crippen LogP contribution is 2.19. The highest BCUT2D eigenvalue weighted by atomic mass is 32.2. The maximum absolute atomic E-state index is 11.6. The van der Waals surface area contributed by atoms with Crippen molar-refractivity contribution in [3.63, 3.8) is 0 Å². The predicted octanol–water partition coefficient (Wildman–Crippen LogP) is 1.29. The summed E-state index contributed by atoms with van der Waals surface area (Å²) in [6.45, 7) is 5.38. The number of methoxy groups -OCH3 is 1. The second kappa shape index (κ2) is 8.37. The summed E-state index contributed by atoms with van der Waals surface area (Å²) in [5.41, 5.74) is 2.28. The first-order valence-electron chi connectivity index (χ1n) is 8.32. The molecule has 0 aliphatic carbocycles. The molecular formula is C17H27N3O3S. The molecule has 0 spiro atoms. The van der Waals surface area contributed by atoms with Gasteiger partial charge in [-0.15, -0.1) is 0 Å². The zero-order valence-electron chi connectivity index (χ0n) is 14.6. The first-order valence-corrected chi connectivity index (χ1v) is 10.1. The monoisotopic (exact) mass is 353 g/mol. The quantitative estimate of drug-likeness (QED) is 0.595. The number of aryl methyl sites for hydroxylation is 1. The fourth-order valence-electron chi connectivity index (χ4n) is 2.74. The van der Waals surface area contributed by atoms with E-state index in [0.29, 0.717) is 18.9 Å². The summed E-state index contributed by atoms with van der Waals surface area (Å²) in [4.78, 5) is 4.56. The van der Waals surface area contributed by atoms with Crippen LogP contribution in [0, 0.1) is 6.92 Å². The molecule has 7 heteroatoms. The van der Waals surface area contributed by atoms with Gasteiger partial charge in [0.25, 0.3) is 0 Å². The topological polar surface area (TPSA) is 79.8 Å². The summed E-state index contributed by atoms with van der Waals surface area (Å²) in [6, 6.07) is 6.11. The number of nitrogens with zero attached hydrogens (tertiary/aromatic N) is 1. The summed E-state index contributed by atoms with van der Waals surface area (Å²) in [6.07, 6.45) is 1.44. The zero-order valence-corrected chi connectivity index (χ0v) is 15.4. The van der Waals surface area contributed by atoms with Crippen molar-refractivity contribution >= 4 is 15.8 Å². The Labute approximate surface area is 144 Å². The summed E-state index contributed by atoms with van der Waals surface area (Å²) in [7, 11) is -1.22. The summed E-state index contributed by atoms with van der Waals surface area (Å²) >= 11 is 0. The average Bonchev–Trinajstić information content (AvgIpc) is 2.88. The van der Waals surface area contributed by atoms with Crippen LogP contribution in [0.3, 0.4) is 0 Å². The van der Waals surface area contributed by atoms with E-state index in [0.717, 1.165) is 24.3 Å². The van der Waals surface area contributed by atoms with E-state index in [1.165, 1.54) is 5.56 Å². The van der Waals surface area contributed by atoms with Gasteiger partial charge in [0, 0.05) is 19.1 Å². The third kappa shape index (κ3) is 5.40. The van der Waals surface area contributed by atoms with Gasteiger partial charge in [0.15, 0.2) is 15.8 Å². The van der Waals surface area contributed by atoms with Gasteiger partial charge in [-0.2, -0.15) is 0 Å². The van der Waals surface area contributed by atoms with E-state index in [1.54, 1.807) is 7.11 Å². The smallest absolute Gasteiger partial charge is 0.191 e. The van der Waals surface area contributed by atoms with Crippen molar-refractivity contribution in [2.75, 3.05) is 31.7 Å². The van der Waals surface area contributed by atoms with Gasteiger partial charge in [0.2, 0.25) is 0 Å². The van der Waals surface area contributed by atoms with Crippen LogP contribution >= 0.6 is 0 Å². The van der Waals surface area contributed by atoms with Crippen LogP contribution in [-0.4, -0.2) is 52.1 Å². The van der Waals surface area contributed by atoms with Gasteiger partial charge in [0.1, 0.15) is 5.75 Å². The number of nitrogens with one attached hydrogen (secondary N) is 2. The molecule has 1 atom stereocenters. The fourth-order valence-corrected chi connectivity index (χ4v) is 4.41. The van der Waals surface area contributed by atoms with Crippen molar-refractivity contribution in [1.82, 2.24) is 10.6 Å². The minimum absolute atomic E-state index is 0.0488. The van der Waals surface area contributed by atoms with Crippen LogP contribution in [0.15, 0.2) is 23.2 Å². The molecule has 24 heavy (non-hydrogen) atoms. The molecule has 2 rings (SSSR count). The molecule has 0 radical (unpaired) electrons. The normalized spacial score (nSPS) is 20.0.